The van der Waals surface area contributed by atoms with E-state index in [2.05, 4.69) is 81.1 Å². The minimum atomic E-state index is -0.432. The lowest BCUT2D eigenvalue weighted by atomic mass is 10.0. The number of nitrogens with zero attached hydrogens (tertiary/aromatic N) is 6. The van der Waals surface area contributed by atoms with E-state index in [0.29, 0.717) is 34.9 Å². The molecule has 8 aromatic rings. The lowest BCUT2D eigenvalue weighted by Gasteiger charge is -2.10. The summed E-state index contributed by atoms with van der Waals surface area (Å²) in [6, 6.07) is 48.2. The van der Waals surface area contributed by atoms with E-state index in [9.17, 15) is 9.59 Å². The molecule has 0 radical (unpaired) electrons. The molecule has 0 aliphatic heterocycles. The second kappa shape index (κ2) is 26.7. The van der Waals surface area contributed by atoms with Gasteiger partial charge in [0.1, 0.15) is 0 Å². The van der Waals surface area contributed by atoms with E-state index >= 15 is 0 Å². The SMILES string of the molecule is C.CCOC(=O)C(C)c1cc(-c2sc(N=C(c3ccccc3)c3ccccc3)nc2C)ccn1.CCOC(=O)Cc1cc(-c2sc(N=C(c3ccccc3)c3ccccc3)nc2C)ccn1.CI. The van der Waals surface area contributed by atoms with Crippen LogP contribution in [-0.2, 0) is 25.5 Å². The van der Waals surface area contributed by atoms with E-state index in [1.54, 1.807) is 26.2 Å². The first-order chi connectivity index (χ1) is 32.7. The van der Waals surface area contributed by atoms with Crippen LogP contribution >= 0.6 is 45.3 Å². The molecule has 0 bridgehead atoms. The van der Waals surface area contributed by atoms with Gasteiger partial charge in [-0.1, -0.05) is 174 Å². The van der Waals surface area contributed by atoms with Crippen LogP contribution in [0.3, 0.4) is 0 Å². The normalized spacial score (nSPS) is 10.7. The summed E-state index contributed by atoms with van der Waals surface area (Å²) in [5.41, 5.74) is 11.0. The summed E-state index contributed by atoms with van der Waals surface area (Å²) in [5, 5.41) is 1.37. The molecule has 4 heterocycles. The van der Waals surface area contributed by atoms with Gasteiger partial charge in [0.05, 0.1) is 69.5 Å². The molecule has 0 saturated carbocycles. The van der Waals surface area contributed by atoms with Gasteiger partial charge in [-0.25, -0.2) is 20.0 Å². The first-order valence-electron chi connectivity index (χ1n) is 21.7. The van der Waals surface area contributed by atoms with Gasteiger partial charge in [0, 0.05) is 34.6 Å². The Hall–Kier alpha value is -6.55. The van der Waals surface area contributed by atoms with Gasteiger partial charge in [0.2, 0.25) is 10.3 Å². The topological polar surface area (TPSA) is 129 Å². The third-order valence-corrected chi connectivity index (χ3v) is 12.2. The summed E-state index contributed by atoms with van der Waals surface area (Å²) in [4.78, 5) is 56.0. The van der Waals surface area contributed by atoms with Crippen molar-refractivity contribution in [3.05, 3.63) is 203 Å². The summed E-state index contributed by atoms with van der Waals surface area (Å²) in [6.45, 7) is 10.1. The number of thiazole rings is 2. The van der Waals surface area contributed by atoms with Gasteiger partial charge in [-0.2, -0.15) is 0 Å². The Kier molecular flexibility index (Phi) is 20.6. The zero-order valence-electron chi connectivity index (χ0n) is 38.2. The molecule has 68 heavy (non-hydrogen) atoms. The number of esters is 2. The van der Waals surface area contributed by atoms with Crippen LogP contribution in [0.5, 0.6) is 0 Å². The van der Waals surface area contributed by atoms with Crippen molar-refractivity contribution in [1.82, 2.24) is 19.9 Å². The van der Waals surface area contributed by atoms with Crippen molar-refractivity contribution in [2.24, 2.45) is 9.98 Å². The van der Waals surface area contributed by atoms with Crippen LogP contribution in [0, 0.1) is 13.8 Å². The number of halogens is 1. The number of ether oxygens (including phenoxy) is 2. The quantitative estimate of drug-likeness (QED) is 0.0456. The molecule has 348 valence electrons. The highest BCUT2D eigenvalue weighted by molar-refractivity contribution is 14.1. The number of aryl methyl sites for hydroxylation is 2. The molecule has 8 rings (SSSR count). The van der Waals surface area contributed by atoms with Crippen LogP contribution in [-0.4, -0.2) is 61.4 Å². The maximum absolute atomic E-state index is 12.2. The lowest BCUT2D eigenvalue weighted by Crippen LogP contribution is -2.14. The average molecular weight is 1060 g/mol. The highest BCUT2D eigenvalue weighted by atomic mass is 127. The van der Waals surface area contributed by atoms with Gasteiger partial charge in [0.15, 0.2) is 0 Å². The van der Waals surface area contributed by atoms with E-state index in [4.69, 9.17) is 29.4 Å². The fourth-order valence-corrected chi connectivity index (χ4v) is 8.73. The molecule has 0 N–H and O–H groups in total. The standard InChI is InChI=1S/C27H25N3O2S.C26H23N3O2S.CH3I.CH4/c1-4-32-26(31)18(2)23-17-22(15-16-28-23)25-19(3)29-27(33-25)30-24(20-11-7-5-8-12-20)21-13-9-6-10-14-21;1-3-31-23(30)17-22-16-21(14-15-27-22)25-18(2)28-26(32-25)29-24(19-10-6-4-7-11-19)20-12-8-5-9-13-20;1-2;/h5-18H,4H2,1-3H3;4-16H,3,17H2,1-2H3;1H3;1H4. The number of hydrogen-bond acceptors (Lipinski definition) is 12. The smallest absolute Gasteiger partial charge is 0.314 e. The molecular weight excluding hydrogens is 1000 g/mol. The summed E-state index contributed by atoms with van der Waals surface area (Å²) in [7, 11) is 0. The maximum Gasteiger partial charge on any atom is 0.314 e. The molecule has 1 unspecified atom stereocenters. The first kappa shape index (κ1) is 52.4. The number of alkyl halides is 1. The molecule has 0 amide bonds. The molecule has 13 heteroatoms. The number of pyridine rings is 2. The Balaban J connectivity index is 0.000000242. The Labute approximate surface area is 421 Å². The Morgan fingerprint density at radius 1 is 0.588 bits per heavy atom. The van der Waals surface area contributed by atoms with Gasteiger partial charge in [-0.15, -0.1) is 0 Å². The minimum Gasteiger partial charge on any atom is -0.466 e. The van der Waals surface area contributed by atoms with Crippen LogP contribution in [0.1, 0.15) is 79.1 Å². The second-order valence-corrected chi connectivity index (χ2v) is 16.6. The molecule has 4 aromatic carbocycles. The molecule has 0 aliphatic rings. The monoisotopic (exact) mass is 1050 g/mol. The average Bonchev–Trinajstić information content (AvgIpc) is 3.94. The van der Waals surface area contributed by atoms with Gasteiger partial charge < -0.3 is 9.47 Å². The van der Waals surface area contributed by atoms with Crippen LogP contribution in [0.2, 0.25) is 0 Å². The number of rotatable bonds is 14. The fraction of sp³-hybridized carbons (Fsp3) is 0.200. The third-order valence-electron chi connectivity index (χ3n) is 10.0. The van der Waals surface area contributed by atoms with Crippen molar-refractivity contribution in [2.75, 3.05) is 18.1 Å². The van der Waals surface area contributed by atoms with Crippen LogP contribution in [0.4, 0.5) is 10.3 Å². The number of benzene rings is 4. The zero-order chi connectivity index (χ0) is 47.5. The van der Waals surface area contributed by atoms with Gasteiger partial charge in [-0.05, 0) is 74.9 Å². The third kappa shape index (κ3) is 14.2. The maximum atomic E-state index is 12.2. The van der Waals surface area contributed by atoms with Gasteiger partial charge >= 0.3 is 11.9 Å². The van der Waals surface area contributed by atoms with Crippen LogP contribution in [0.25, 0.3) is 20.9 Å². The lowest BCUT2D eigenvalue weighted by molar-refractivity contribution is -0.144. The first-order valence-corrected chi connectivity index (χ1v) is 25.4. The number of carbonyl (C=O) groups is 2. The van der Waals surface area contributed by atoms with E-state index < -0.39 is 5.92 Å². The summed E-state index contributed by atoms with van der Waals surface area (Å²) >= 11 is 5.20. The van der Waals surface area contributed by atoms with Crippen molar-refractivity contribution in [2.45, 2.75) is 54.4 Å². The fourth-order valence-electron chi connectivity index (χ4n) is 6.85. The predicted octanol–water partition coefficient (Wildman–Crippen LogP) is 13.8. The van der Waals surface area contributed by atoms with Crippen LogP contribution < -0.4 is 0 Å². The highest BCUT2D eigenvalue weighted by Gasteiger charge is 2.20. The molecule has 0 aliphatic carbocycles. The molecule has 1 atom stereocenters. The van der Waals surface area contributed by atoms with Gasteiger partial charge in [0.25, 0.3) is 0 Å². The molecule has 0 spiro atoms. The highest BCUT2D eigenvalue weighted by Crippen LogP contribution is 2.37. The summed E-state index contributed by atoms with van der Waals surface area (Å²) < 4.78 is 10.2. The molecule has 0 fully saturated rings. The van der Waals surface area contributed by atoms with Gasteiger partial charge in [-0.3, -0.25) is 19.6 Å². The Morgan fingerprint density at radius 3 is 1.40 bits per heavy atom. The van der Waals surface area contributed by atoms with Crippen molar-refractivity contribution >= 4 is 78.9 Å². The molecule has 10 nitrogen and oxygen atoms in total. The van der Waals surface area contributed by atoms with E-state index in [1.807, 2.05) is 123 Å². The number of aromatic nitrogens is 4. The van der Waals surface area contributed by atoms with Crippen molar-refractivity contribution < 1.29 is 19.1 Å². The summed E-state index contributed by atoms with van der Waals surface area (Å²) in [5.74, 6) is -0.985. The second-order valence-electron chi connectivity index (χ2n) is 14.7. The molecule has 4 aromatic heterocycles. The largest absolute Gasteiger partial charge is 0.466 e. The Morgan fingerprint density at radius 2 is 0.985 bits per heavy atom. The number of hydrogen-bond donors (Lipinski definition) is 0. The minimum absolute atomic E-state index is 0. The zero-order valence-corrected chi connectivity index (χ0v) is 42.0. The predicted molar refractivity (Wildman–Crippen MR) is 289 cm³/mol. The van der Waals surface area contributed by atoms with E-state index in [0.717, 1.165) is 65.9 Å². The van der Waals surface area contributed by atoms with Crippen molar-refractivity contribution in [1.29, 1.82) is 0 Å². The summed E-state index contributed by atoms with van der Waals surface area (Å²) in [6.07, 6.45) is 3.59. The van der Waals surface area contributed by atoms with Crippen molar-refractivity contribution in [3.63, 3.8) is 0 Å². The molecule has 0 saturated heterocycles. The Bertz CT molecular complexity index is 2820. The van der Waals surface area contributed by atoms with E-state index in [1.165, 1.54) is 22.7 Å². The number of aliphatic imine (C=N–C) groups is 2. The van der Waals surface area contributed by atoms with Crippen LogP contribution in [0.15, 0.2) is 168 Å². The van der Waals surface area contributed by atoms with E-state index in [-0.39, 0.29) is 25.8 Å². The van der Waals surface area contributed by atoms with Crippen molar-refractivity contribution in [3.8, 4) is 20.9 Å². The number of carbonyl (C=O) groups excluding carboxylic acids is 2. The molecular formula is C55H55IN6O4S2.